The Labute approximate surface area is 110 Å². The standard InChI is InChI=1S/C12H17N3O2S/c1-8-4-3-5-15(6-8)12(17)14-11-13-10(7-18-11)9(2)16/h7-8H,3-6H2,1-2H3,(H,13,14,17). The summed E-state index contributed by atoms with van der Waals surface area (Å²) >= 11 is 1.28. The minimum atomic E-state index is -0.119. The first-order valence-electron chi connectivity index (χ1n) is 6.08. The second-order valence-corrected chi connectivity index (χ2v) is 5.58. The minimum Gasteiger partial charge on any atom is -0.324 e. The molecule has 5 nitrogen and oxygen atoms in total. The number of anilines is 1. The van der Waals surface area contributed by atoms with E-state index in [2.05, 4.69) is 17.2 Å². The third-order valence-corrected chi connectivity index (χ3v) is 3.78. The Hall–Kier alpha value is -1.43. The number of hydrogen-bond acceptors (Lipinski definition) is 4. The Balaban J connectivity index is 1.95. The molecule has 1 atom stereocenters. The van der Waals surface area contributed by atoms with Crippen molar-refractivity contribution in [2.75, 3.05) is 18.4 Å². The van der Waals surface area contributed by atoms with E-state index in [1.165, 1.54) is 24.7 Å². The van der Waals surface area contributed by atoms with Crippen molar-refractivity contribution in [3.05, 3.63) is 11.1 Å². The molecule has 1 aromatic rings. The molecule has 1 aromatic heterocycles. The van der Waals surface area contributed by atoms with Crippen LogP contribution in [-0.4, -0.2) is 34.8 Å². The Morgan fingerprint density at radius 3 is 2.94 bits per heavy atom. The highest BCUT2D eigenvalue weighted by atomic mass is 32.1. The summed E-state index contributed by atoms with van der Waals surface area (Å²) in [6.45, 7) is 5.20. The van der Waals surface area contributed by atoms with Crippen LogP contribution in [0.4, 0.5) is 9.93 Å². The molecule has 6 heteroatoms. The molecule has 2 heterocycles. The average Bonchev–Trinajstić information content (AvgIpc) is 2.77. The smallest absolute Gasteiger partial charge is 0.323 e. The van der Waals surface area contributed by atoms with E-state index in [9.17, 15) is 9.59 Å². The van der Waals surface area contributed by atoms with Crippen LogP contribution in [0.1, 0.15) is 37.2 Å². The second kappa shape index (κ2) is 5.48. The first-order chi connectivity index (χ1) is 8.56. The number of nitrogens with one attached hydrogen (secondary N) is 1. The van der Waals surface area contributed by atoms with E-state index < -0.39 is 0 Å². The van der Waals surface area contributed by atoms with Crippen LogP contribution in [0.5, 0.6) is 0 Å². The molecule has 98 valence electrons. The summed E-state index contributed by atoms with van der Waals surface area (Å²) in [5.74, 6) is 0.465. The molecule has 0 radical (unpaired) electrons. The number of Topliss-reactive ketones (excluding diaryl/α,β-unsaturated/α-hetero) is 1. The lowest BCUT2D eigenvalue weighted by Crippen LogP contribution is -2.41. The molecule has 1 N–H and O–H groups in total. The lowest BCUT2D eigenvalue weighted by Gasteiger charge is -2.30. The van der Waals surface area contributed by atoms with Gasteiger partial charge in [-0.2, -0.15) is 0 Å². The summed E-state index contributed by atoms with van der Waals surface area (Å²) < 4.78 is 0. The van der Waals surface area contributed by atoms with Crippen molar-refractivity contribution in [3.8, 4) is 0 Å². The van der Waals surface area contributed by atoms with Gasteiger partial charge >= 0.3 is 6.03 Å². The summed E-state index contributed by atoms with van der Waals surface area (Å²) in [7, 11) is 0. The van der Waals surface area contributed by atoms with Crippen molar-refractivity contribution in [1.82, 2.24) is 9.88 Å². The fourth-order valence-electron chi connectivity index (χ4n) is 2.04. The number of aromatic nitrogens is 1. The summed E-state index contributed by atoms with van der Waals surface area (Å²) in [5.41, 5.74) is 0.405. The van der Waals surface area contributed by atoms with Crippen molar-refractivity contribution < 1.29 is 9.59 Å². The maximum absolute atomic E-state index is 12.0. The molecular formula is C12H17N3O2S. The number of thiazole rings is 1. The van der Waals surface area contributed by atoms with E-state index >= 15 is 0 Å². The molecule has 1 aliphatic heterocycles. The number of nitrogens with zero attached hydrogens (tertiary/aromatic N) is 2. The van der Waals surface area contributed by atoms with Gasteiger partial charge in [0.15, 0.2) is 10.9 Å². The zero-order chi connectivity index (χ0) is 13.1. The maximum atomic E-state index is 12.0. The van der Waals surface area contributed by atoms with Crippen LogP contribution in [0.25, 0.3) is 0 Å². The number of amides is 2. The number of carbonyl (C=O) groups excluding carboxylic acids is 2. The molecule has 18 heavy (non-hydrogen) atoms. The highest BCUT2D eigenvalue weighted by molar-refractivity contribution is 7.14. The number of carbonyl (C=O) groups is 2. The van der Waals surface area contributed by atoms with Gasteiger partial charge in [-0.1, -0.05) is 6.92 Å². The number of piperidine rings is 1. The molecular weight excluding hydrogens is 250 g/mol. The largest absolute Gasteiger partial charge is 0.324 e. The van der Waals surface area contributed by atoms with Gasteiger partial charge in [-0.25, -0.2) is 9.78 Å². The van der Waals surface area contributed by atoms with Crippen LogP contribution in [0.3, 0.4) is 0 Å². The van der Waals surface area contributed by atoms with E-state index in [1.54, 1.807) is 5.38 Å². The number of rotatable bonds is 2. The lowest BCUT2D eigenvalue weighted by molar-refractivity contribution is 0.101. The van der Waals surface area contributed by atoms with Gasteiger partial charge in [0.1, 0.15) is 5.69 Å². The molecule has 0 aliphatic carbocycles. The van der Waals surface area contributed by atoms with E-state index in [0.29, 0.717) is 16.7 Å². The normalized spacial score (nSPS) is 19.7. The number of likely N-dealkylation sites (tertiary alicyclic amines) is 1. The Morgan fingerprint density at radius 2 is 2.33 bits per heavy atom. The zero-order valence-electron chi connectivity index (χ0n) is 10.6. The van der Waals surface area contributed by atoms with Crippen molar-refractivity contribution in [2.24, 2.45) is 5.92 Å². The summed E-state index contributed by atoms with van der Waals surface area (Å²) in [5, 5.41) is 4.90. The van der Waals surface area contributed by atoms with Crippen molar-refractivity contribution in [1.29, 1.82) is 0 Å². The van der Waals surface area contributed by atoms with Gasteiger partial charge < -0.3 is 4.90 Å². The van der Waals surface area contributed by atoms with Crippen molar-refractivity contribution in [3.63, 3.8) is 0 Å². The topological polar surface area (TPSA) is 62.3 Å². The molecule has 1 unspecified atom stereocenters. The fraction of sp³-hybridized carbons (Fsp3) is 0.583. The van der Waals surface area contributed by atoms with Gasteiger partial charge in [0, 0.05) is 25.4 Å². The Morgan fingerprint density at radius 1 is 1.56 bits per heavy atom. The maximum Gasteiger partial charge on any atom is 0.323 e. The molecule has 1 aliphatic rings. The van der Waals surface area contributed by atoms with E-state index in [-0.39, 0.29) is 11.8 Å². The Bertz CT molecular complexity index is 458. The molecule has 1 fully saturated rings. The molecule has 0 bridgehead atoms. The number of hydrogen-bond donors (Lipinski definition) is 1. The second-order valence-electron chi connectivity index (χ2n) is 4.72. The third-order valence-electron chi connectivity index (χ3n) is 3.02. The molecule has 1 saturated heterocycles. The van der Waals surface area contributed by atoms with Gasteiger partial charge in [-0.15, -0.1) is 11.3 Å². The number of ketones is 1. The van der Waals surface area contributed by atoms with Crippen LogP contribution in [0.2, 0.25) is 0 Å². The van der Waals surface area contributed by atoms with Crippen LogP contribution < -0.4 is 5.32 Å². The molecule has 2 amide bonds. The molecule has 0 spiro atoms. The number of urea groups is 1. The SMILES string of the molecule is CC(=O)c1csc(NC(=O)N2CCCC(C)C2)n1. The van der Waals surface area contributed by atoms with Crippen LogP contribution in [0, 0.1) is 5.92 Å². The first kappa shape index (κ1) is 13.0. The monoisotopic (exact) mass is 267 g/mol. The Kier molecular flexibility index (Phi) is 3.96. The molecule has 0 saturated carbocycles. The van der Waals surface area contributed by atoms with E-state index in [4.69, 9.17) is 0 Å². The van der Waals surface area contributed by atoms with Gasteiger partial charge in [0.05, 0.1) is 0 Å². The predicted molar refractivity (Wildman–Crippen MR) is 71.1 cm³/mol. The third kappa shape index (κ3) is 3.07. The first-order valence-corrected chi connectivity index (χ1v) is 6.96. The summed E-state index contributed by atoms with van der Waals surface area (Å²) in [6.07, 6.45) is 2.22. The highest BCUT2D eigenvalue weighted by Crippen LogP contribution is 2.19. The zero-order valence-corrected chi connectivity index (χ0v) is 11.4. The predicted octanol–water partition coefficient (Wildman–Crippen LogP) is 2.61. The highest BCUT2D eigenvalue weighted by Gasteiger charge is 2.21. The molecule has 0 aromatic carbocycles. The quantitative estimate of drug-likeness (QED) is 0.838. The average molecular weight is 267 g/mol. The van der Waals surface area contributed by atoms with Crippen molar-refractivity contribution >= 4 is 28.3 Å². The van der Waals surface area contributed by atoms with Gasteiger partial charge in [-0.05, 0) is 18.8 Å². The molecule has 2 rings (SSSR count). The van der Waals surface area contributed by atoms with Crippen molar-refractivity contribution in [2.45, 2.75) is 26.7 Å². The lowest BCUT2D eigenvalue weighted by atomic mass is 10.0. The van der Waals surface area contributed by atoms with Gasteiger partial charge in [-0.3, -0.25) is 10.1 Å². The van der Waals surface area contributed by atoms with Gasteiger partial charge in [0.2, 0.25) is 0 Å². The van der Waals surface area contributed by atoms with E-state index in [1.807, 2.05) is 4.90 Å². The summed E-state index contributed by atoms with van der Waals surface area (Å²) in [4.78, 5) is 29.0. The fourth-order valence-corrected chi connectivity index (χ4v) is 2.78. The van der Waals surface area contributed by atoms with Crippen LogP contribution >= 0.6 is 11.3 Å². The minimum absolute atomic E-state index is 0.0849. The van der Waals surface area contributed by atoms with Gasteiger partial charge in [0.25, 0.3) is 0 Å². The summed E-state index contributed by atoms with van der Waals surface area (Å²) in [6, 6.07) is -0.119. The van der Waals surface area contributed by atoms with Crippen LogP contribution in [-0.2, 0) is 0 Å². The van der Waals surface area contributed by atoms with E-state index in [0.717, 1.165) is 19.5 Å². The van der Waals surface area contributed by atoms with Crippen LogP contribution in [0.15, 0.2) is 5.38 Å².